The number of piperidine rings is 1. The van der Waals surface area contributed by atoms with Crippen LogP contribution in [0.1, 0.15) is 41.1 Å². The van der Waals surface area contributed by atoms with Crippen molar-refractivity contribution in [3.05, 3.63) is 68.9 Å². The Morgan fingerprint density at radius 2 is 2.27 bits per heavy atom. The number of fused-ring (bicyclic) bond motifs is 4. The van der Waals surface area contributed by atoms with Crippen LogP contribution in [0, 0.1) is 12.8 Å². The molecule has 2 aliphatic rings. The molecule has 0 aromatic carbocycles. The van der Waals surface area contributed by atoms with Gasteiger partial charge in [0.15, 0.2) is 5.76 Å². The van der Waals surface area contributed by atoms with Gasteiger partial charge in [-0.1, -0.05) is 11.2 Å². The fourth-order valence-corrected chi connectivity index (χ4v) is 5.36. The number of pyridine rings is 1. The van der Waals surface area contributed by atoms with E-state index in [1.807, 2.05) is 19.2 Å². The Morgan fingerprint density at radius 1 is 1.37 bits per heavy atom. The molecule has 1 fully saturated rings. The molecule has 3 aromatic rings. The zero-order valence-corrected chi connectivity index (χ0v) is 17.5. The maximum atomic E-state index is 13.3. The Morgan fingerprint density at radius 3 is 3.03 bits per heavy atom. The molecule has 0 spiro atoms. The summed E-state index contributed by atoms with van der Waals surface area (Å²) in [7, 11) is 0. The largest absolute Gasteiger partial charge is 0.359 e. The molecular formula is C21H23N5O3S. The number of hydrogen-bond donors (Lipinski definition) is 1. The third kappa shape index (κ3) is 3.59. The zero-order chi connectivity index (χ0) is 20.7. The van der Waals surface area contributed by atoms with Crippen LogP contribution in [-0.4, -0.2) is 38.0 Å². The number of nitrogens with one attached hydrogen (secondary N) is 1. The average Bonchev–Trinajstić information content (AvgIpc) is 3.39. The molecule has 5 rings (SSSR count). The second-order valence-corrected chi connectivity index (χ2v) is 8.83. The van der Waals surface area contributed by atoms with Gasteiger partial charge in [0.1, 0.15) is 6.04 Å². The van der Waals surface area contributed by atoms with Gasteiger partial charge in [0.25, 0.3) is 5.56 Å². The van der Waals surface area contributed by atoms with Gasteiger partial charge in [0, 0.05) is 60.9 Å². The van der Waals surface area contributed by atoms with E-state index in [2.05, 4.69) is 25.1 Å². The van der Waals surface area contributed by atoms with Gasteiger partial charge < -0.3 is 9.84 Å². The molecule has 0 radical (unpaired) electrons. The van der Waals surface area contributed by atoms with E-state index in [-0.39, 0.29) is 29.8 Å². The van der Waals surface area contributed by atoms with Crippen LogP contribution in [0.2, 0.25) is 0 Å². The fourth-order valence-electron chi connectivity index (χ4n) is 4.84. The molecule has 3 aromatic heterocycles. The number of likely N-dealkylation sites (tertiary alicyclic amines) is 1. The standard InChI is InChI=1S/C21H23N5O3S/c1-13-5-17(29-24-13)8-22-21(28)20-16-6-15(18-3-2-4-19(27)26(18)20)10-25(11-16)9-14-7-23-30-12-14/h2-5,7,12,15-16,20H,6,8-11H2,1H3,(H,22,28)/t15-,16+,20+/m0/s1. The highest BCUT2D eigenvalue weighted by Crippen LogP contribution is 2.41. The maximum absolute atomic E-state index is 13.3. The van der Waals surface area contributed by atoms with Crippen molar-refractivity contribution in [1.82, 2.24) is 24.3 Å². The smallest absolute Gasteiger partial charge is 0.251 e. The number of nitrogens with zero attached hydrogens (tertiary/aromatic N) is 4. The van der Waals surface area contributed by atoms with Crippen molar-refractivity contribution in [3.63, 3.8) is 0 Å². The molecule has 5 heterocycles. The van der Waals surface area contributed by atoms with Gasteiger partial charge >= 0.3 is 0 Å². The number of carbonyl (C=O) groups is 1. The van der Waals surface area contributed by atoms with E-state index in [4.69, 9.17) is 4.52 Å². The summed E-state index contributed by atoms with van der Waals surface area (Å²) >= 11 is 1.45. The first kappa shape index (κ1) is 19.2. The first-order valence-electron chi connectivity index (χ1n) is 10.1. The molecule has 9 heteroatoms. The van der Waals surface area contributed by atoms with Gasteiger partial charge in [-0.15, -0.1) is 0 Å². The predicted molar refractivity (Wildman–Crippen MR) is 111 cm³/mol. The van der Waals surface area contributed by atoms with E-state index >= 15 is 0 Å². The van der Waals surface area contributed by atoms with Crippen molar-refractivity contribution < 1.29 is 9.32 Å². The molecule has 2 bridgehead atoms. The van der Waals surface area contributed by atoms with Crippen LogP contribution in [0.4, 0.5) is 0 Å². The third-order valence-electron chi connectivity index (χ3n) is 5.99. The van der Waals surface area contributed by atoms with E-state index in [1.165, 1.54) is 17.1 Å². The number of hydrogen-bond acceptors (Lipinski definition) is 7. The Hall–Kier alpha value is -2.78. The van der Waals surface area contributed by atoms with Gasteiger partial charge in [0.2, 0.25) is 5.91 Å². The van der Waals surface area contributed by atoms with Gasteiger partial charge in [-0.2, -0.15) is 0 Å². The van der Waals surface area contributed by atoms with Crippen molar-refractivity contribution in [2.45, 2.75) is 38.4 Å². The van der Waals surface area contributed by atoms with Gasteiger partial charge in [-0.05, 0) is 36.5 Å². The van der Waals surface area contributed by atoms with Crippen molar-refractivity contribution in [1.29, 1.82) is 0 Å². The molecule has 1 saturated heterocycles. The molecule has 0 saturated carbocycles. The molecule has 1 amide bonds. The normalized spacial score (nSPS) is 23.2. The minimum absolute atomic E-state index is 0.0689. The van der Waals surface area contributed by atoms with Crippen molar-refractivity contribution in [2.75, 3.05) is 13.1 Å². The number of rotatable bonds is 5. The third-order valence-corrected chi connectivity index (χ3v) is 6.63. The van der Waals surface area contributed by atoms with Crippen LogP contribution < -0.4 is 10.9 Å². The highest BCUT2D eigenvalue weighted by molar-refractivity contribution is 7.03. The van der Waals surface area contributed by atoms with Gasteiger partial charge in [-0.3, -0.25) is 19.1 Å². The number of carbonyl (C=O) groups excluding carboxylic acids is 1. The highest BCUT2D eigenvalue weighted by atomic mass is 32.1. The SMILES string of the molecule is Cc1cc(CNC(=O)[C@H]2[C@@H]3C[C@@H](CN(Cc4cnsc4)C3)c3cccc(=O)n32)on1. The minimum atomic E-state index is -0.530. The quantitative estimate of drug-likeness (QED) is 0.673. The zero-order valence-electron chi connectivity index (χ0n) is 16.7. The lowest BCUT2D eigenvalue weighted by molar-refractivity contribution is -0.128. The average molecular weight is 426 g/mol. The van der Waals surface area contributed by atoms with Crippen LogP contribution in [0.25, 0.3) is 0 Å². The lowest BCUT2D eigenvalue weighted by atomic mass is 9.78. The molecule has 156 valence electrons. The van der Waals surface area contributed by atoms with E-state index in [0.29, 0.717) is 5.76 Å². The van der Waals surface area contributed by atoms with Crippen LogP contribution in [0.3, 0.4) is 0 Å². The Labute approximate surface area is 177 Å². The second kappa shape index (κ2) is 7.81. The Bertz CT molecular complexity index is 1110. The van der Waals surface area contributed by atoms with E-state index < -0.39 is 6.04 Å². The van der Waals surface area contributed by atoms with Crippen LogP contribution in [0.15, 0.2) is 45.2 Å². The minimum Gasteiger partial charge on any atom is -0.359 e. The Kier molecular flexibility index (Phi) is 5.00. The molecule has 8 nitrogen and oxygen atoms in total. The lowest BCUT2D eigenvalue weighted by Gasteiger charge is -2.46. The van der Waals surface area contributed by atoms with E-state index in [0.717, 1.165) is 37.4 Å². The molecule has 0 aliphatic carbocycles. The summed E-state index contributed by atoms with van der Waals surface area (Å²) in [6.07, 6.45) is 2.80. The summed E-state index contributed by atoms with van der Waals surface area (Å²) in [5, 5.41) is 8.88. The maximum Gasteiger partial charge on any atom is 0.251 e. The number of amides is 1. The molecule has 3 atom stereocenters. The monoisotopic (exact) mass is 425 g/mol. The number of aryl methyl sites for hydroxylation is 1. The van der Waals surface area contributed by atoms with Crippen LogP contribution in [0.5, 0.6) is 0 Å². The summed E-state index contributed by atoms with van der Waals surface area (Å²) in [6, 6.07) is 6.59. The molecule has 0 unspecified atom stereocenters. The van der Waals surface area contributed by atoms with E-state index in [9.17, 15) is 9.59 Å². The first-order valence-corrected chi connectivity index (χ1v) is 10.9. The lowest BCUT2D eigenvalue weighted by Crippen LogP contribution is -2.53. The fraction of sp³-hybridized carbons (Fsp3) is 0.429. The summed E-state index contributed by atoms with van der Waals surface area (Å²) in [6.45, 7) is 4.55. The summed E-state index contributed by atoms with van der Waals surface area (Å²) in [5.74, 6) is 0.760. The second-order valence-electron chi connectivity index (χ2n) is 8.18. The summed E-state index contributed by atoms with van der Waals surface area (Å²) in [5.41, 5.74) is 2.79. The van der Waals surface area contributed by atoms with Crippen LogP contribution in [-0.2, 0) is 17.9 Å². The summed E-state index contributed by atoms with van der Waals surface area (Å²) < 4.78 is 11.1. The molecule has 1 N–H and O–H groups in total. The topological polar surface area (TPSA) is 93.3 Å². The van der Waals surface area contributed by atoms with Crippen molar-refractivity contribution in [3.8, 4) is 0 Å². The Balaban J connectivity index is 1.42. The highest BCUT2D eigenvalue weighted by Gasteiger charge is 2.43. The summed E-state index contributed by atoms with van der Waals surface area (Å²) in [4.78, 5) is 28.4. The van der Waals surface area contributed by atoms with Crippen LogP contribution >= 0.6 is 11.5 Å². The van der Waals surface area contributed by atoms with Gasteiger partial charge in [-0.25, -0.2) is 4.37 Å². The number of aromatic nitrogens is 3. The predicted octanol–water partition coefficient (Wildman–Crippen LogP) is 2.08. The van der Waals surface area contributed by atoms with Crippen molar-refractivity contribution >= 4 is 17.4 Å². The van der Waals surface area contributed by atoms with Crippen molar-refractivity contribution in [2.24, 2.45) is 5.92 Å². The van der Waals surface area contributed by atoms with Gasteiger partial charge in [0.05, 0.1) is 12.2 Å². The molecule has 30 heavy (non-hydrogen) atoms. The molecular weight excluding hydrogens is 402 g/mol. The van der Waals surface area contributed by atoms with E-state index in [1.54, 1.807) is 22.8 Å². The molecule has 2 aliphatic heterocycles. The first-order chi connectivity index (χ1) is 14.6.